The second-order valence-corrected chi connectivity index (χ2v) is 9.45. The van der Waals surface area contributed by atoms with E-state index in [1.807, 2.05) is 13.8 Å². The Balaban J connectivity index is 1.63. The van der Waals surface area contributed by atoms with Gasteiger partial charge in [-0.1, -0.05) is 5.16 Å². The number of methoxy groups -OCH3 is 1. The van der Waals surface area contributed by atoms with Crippen LogP contribution in [0.3, 0.4) is 0 Å². The Morgan fingerprint density at radius 1 is 1.27 bits per heavy atom. The zero-order valence-electron chi connectivity index (χ0n) is 17.8. The van der Waals surface area contributed by atoms with Crippen molar-refractivity contribution in [3.63, 3.8) is 0 Å². The van der Waals surface area contributed by atoms with Gasteiger partial charge in [0.2, 0.25) is 5.91 Å². The molecular weight excluding hydrogens is 422 g/mol. The molecule has 0 spiro atoms. The first-order valence-corrected chi connectivity index (χ1v) is 12.2. The highest BCUT2D eigenvalue weighted by molar-refractivity contribution is 7.99. The van der Waals surface area contributed by atoms with Crippen molar-refractivity contribution in [1.82, 2.24) is 10.5 Å². The Morgan fingerprint density at radius 2 is 2.07 bits per heavy atom. The number of ether oxygens (including phenoxy) is 1. The van der Waals surface area contributed by atoms with Gasteiger partial charge in [-0.05, 0) is 51.5 Å². The van der Waals surface area contributed by atoms with Crippen LogP contribution >= 0.6 is 23.1 Å². The molecule has 7 nitrogen and oxygen atoms in total. The summed E-state index contributed by atoms with van der Waals surface area (Å²) < 4.78 is 10.2. The molecule has 0 bridgehead atoms. The van der Waals surface area contributed by atoms with Crippen molar-refractivity contribution in [2.24, 2.45) is 0 Å². The third-order valence-corrected chi connectivity index (χ3v) is 7.29. The van der Waals surface area contributed by atoms with Crippen molar-refractivity contribution in [1.29, 1.82) is 0 Å². The molecule has 164 valence electrons. The summed E-state index contributed by atoms with van der Waals surface area (Å²) in [6, 6.07) is 0. The summed E-state index contributed by atoms with van der Waals surface area (Å²) in [6.45, 7) is 4.94. The molecule has 0 unspecified atom stereocenters. The zero-order chi connectivity index (χ0) is 21.5. The number of thiophene rings is 1. The van der Waals surface area contributed by atoms with Gasteiger partial charge in [0.05, 0.1) is 17.0 Å². The Hall–Kier alpha value is -1.84. The quantitative estimate of drug-likeness (QED) is 0.533. The van der Waals surface area contributed by atoms with Crippen molar-refractivity contribution in [2.45, 2.75) is 51.7 Å². The number of hydrogen-bond donors (Lipinski definition) is 2. The average Bonchev–Trinajstić information content (AvgIpc) is 3.25. The van der Waals surface area contributed by atoms with E-state index in [1.54, 1.807) is 18.4 Å². The van der Waals surface area contributed by atoms with E-state index in [2.05, 4.69) is 15.8 Å². The molecule has 3 rings (SSSR count). The summed E-state index contributed by atoms with van der Waals surface area (Å²) in [4.78, 5) is 26.7. The molecule has 1 aliphatic carbocycles. The summed E-state index contributed by atoms with van der Waals surface area (Å²) in [7, 11) is 1.65. The molecule has 2 amide bonds. The van der Waals surface area contributed by atoms with E-state index in [1.165, 1.54) is 16.6 Å². The fourth-order valence-corrected chi connectivity index (χ4v) is 5.80. The zero-order valence-corrected chi connectivity index (χ0v) is 19.4. The van der Waals surface area contributed by atoms with Crippen molar-refractivity contribution in [3.05, 3.63) is 33.0 Å². The first kappa shape index (κ1) is 22.8. The number of thioether (sulfide) groups is 1. The minimum atomic E-state index is -0.107. The third-order valence-electron chi connectivity index (χ3n) is 5.12. The summed E-state index contributed by atoms with van der Waals surface area (Å²) in [5.41, 5.74) is 3.65. The van der Waals surface area contributed by atoms with E-state index in [4.69, 9.17) is 9.26 Å². The number of nitrogens with zero attached hydrogens (tertiary/aromatic N) is 1. The minimum absolute atomic E-state index is 0.0983. The average molecular weight is 452 g/mol. The van der Waals surface area contributed by atoms with E-state index < -0.39 is 0 Å². The first-order valence-electron chi connectivity index (χ1n) is 10.2. The highest BCUT2D eigenvalue weighted by Gasteiger charge is 2.26. The van der Waals surface area contributed by atoms with Crippen LogP contribution in [0.25, 0.3) is 0 Å². The van der Waals surface area contributed by atoms with Crippen LogP contribution < -0.4 is 10.6 Å². The maximum atomic E-state index is 12.9. The molecule has 0 aliphatic heterocycles. The smallest absolute Gasteiger partial charge is 0.254 e. The molecule has 1 aliphatic rings. The van der Waals surface area contributed by atoms with E-state index in [0.29, 0.717) is 35.2 Å². The Kier molecular flexibility index (Phi) is 8.35. The molecule has 0 saturated heterocycles. The summed E-state index contributed by atoms with van der Waals surface area (Å²) in [5, 5.41) is 10.6. The lowest BCUT2D eigenvalue weighted by Crippen LogP contribution is -2.27. The normalized spacial score (nSPS) is 13.2. The van der Waals surface area contributed by atoms with Gasteiger partial charge in [-0.3, -0.25) is 9.59 Å². The van der Waals surface area contributed by atoms with Crippen LogP contribution in [0.5, 0.6) is 0 Å². The lowest BCUT2D eigenvalue weighted by Gasteiger charge is -2.13. The second kappa shape index (κ2) is 11.0. The Labute approximate surface area is 185 Å². The number of nitrogens with one attached hydrogen (secondary N) is 2. The lowest BCUT2D eigenvalue weighted by molar-refractivity contribution is -0.113. The number of amides is 2. The molecule has 0 atom stereocenters. The van der Waals surface area contributed by atoms with Gasteiger partial charge in [-0.25, -0.2) is 0 Å². The molecule has 30 heavy (non-hydrogen) atoms. The highest BCUT2D eigenvalue weighted by Crippen LogP contribution is 2.38. The van der Waals surface area contributed by atoms with Gasteiger partial charge in [0, 0.05) is 36.5 Å². The largest absolute Gasteiger partial charge is 0.385 e. The highest BCUT2D eigenvalue weighted by atomic mass is 32.2. The van der Waals surface area contributed by atoms with Gasteiger partial charge < -0.3 is 19.9 Å². The molecule has 2 aromatic heterocycles. The van der Waals surface area contributed by atoms with Crippen LogP contribution in [-0.2, 0) is 28.1 Å². The summed E-state index contributed by atoms with van der Waals surface area (Å²) in [5.74, 6) is 1.56. The van der Waals surface area contributed by atoms with Crippen LogP contribution in [0.15, 0.2) is 4.52 Å². The number of hydrogen-bond acceptors (Lipinski definition) is 7. The van der Waals surface area contributed by atoms with E-state index in [9.17, 15) is 9.59 Å². The van der Waals surface area contributed by atoms with Crippen LogP contribution in [0, 0.1) is 13.8 Å². The van der Waals surface area contributed by atoms with Gasteiger partial charge in [0.15, 0.2) is 0 Å². The van der Waals surface area contributed by atoms with Gasteiger partial charge in [0.25, 0.3) is 5.91 Å². The minimum Gasteiger partial charge on any atom is -0.385 e. The Bertz CT molecular complexity index is 872. The summed E-state index contributed by atoms with van der Waals surface area (Å²) in [6.07, 6.45) is 4.83. The molecule has 2 heterocycles. The van der Waals surface area contributed by atoms with Crippen molar-refractivity contribution in [3.8, 4) is 0 Å². The maximum Gasteiger partial charge on any atom is 0.254 e. The van der Waals surface area contributed by atoms with Crippen molar-refractivity contribution < 1.29 is 18.8 Å². The number of aromatic nitrogens is 1. The molecule has 2 aromatic rings. The number of carbonyl (C=O) groups excluding carboxylic acids is 2. The van der Waals surface area contributed by atoms with E-state index in [-0.39, 0.29) is 11.8 Å². The molecule has 2 N–H and O–H groups in total. The maximum absolute atomic E-state index is 12.9. The lowest BCUT2D eigenvalue weighted by atomic mass is 9.95. The number of anilines is 1. The van der Waals surface area contributed by atoms with Gasteiger partial charge >= 0.3 is 0 Å². The van der Waals surface area contributed by atoms with Crippen LogP contribution in [0.4, 0.5) is 5.00 Å². The summed E-state index contributed by atoms with van der Waals surface area (Å²) >= 11 is 3.06. The second-order valence-electron chi connectivity index (χ2n) is 7.36. The van der Waals surface area contributed by atoms with E-state index >= 15 is 0 Å². The number of fused-ring (bicyclic) bond motifs is 1. The first-order chi connectivity index (χ1) is 14.5. The third kappa shape index (κ3) is 5.65. The molecule has 9 heteroatoms. The topological polar surface area (TPSA) is 93.5 Å². The molecule has 0 radical (unpaired) electrons. The fourth-order valence-electron chi connectivity index (χ4n) is 3.52. The van der Waals surface area contributed by atoms with Gasteiger partial charge in [-0.15, -0.1) is 23.1 Å². The SMILES string of the molecule is COCCCNC(=O)c1c(NC(=O)CSCc2c(C)noc2C)sc2c1CCCC2. The van der Waals surface area contributed by atoms with Crippen LogP contribution in [0.1, 0.15) is 57.1 Å². The molecular formula is C21H29N3O4S2. The van der Waals surface area contributed by atoms with Crippen LogP contribution in [0.2, 0.25) is 0 Å². The number of carbonyl (C=O) groups is 2. The van der Waals surface area contributed by atoms with Crippen LogP contribution in [-0.4, -0.2) is 43.0 Å². The van der Waals surface area contributed by atoms with E-state index in [0.717, 1.165) is 54.7 Å². The number of rotatable bonds is 10. The molecule has 0 saturated carbocycles. The monoisotopic (exact) mass is 451 g/mol. The predicted molar refractivity (Wildman–Crippen MR) is 121 cm³/mol. The fraction of sp³-hybridized carbons (Fsp3) is 0.571. The Morgan fingerprint density at radius 3 is 2.80 bits per heavy atom. The standard InChI is InChI=1S/C21H29N3O4S2/c1-13-16(14(2)28-24-13)11-29-12-18(25)23-21-19(20(26)22-9-6-10-27-3)15-7-4-5-8-17(15)30-21/h4-12H2,1-3H3,(H,22,26)(H,23,25). The van der Waals surface area contributed by atoms with Gasteiger partial charge in [0.1, 0.15) is 10.8 Å². The number of aryl methyl sites for hydroxylation is 3. The van der Waals surface area contributed by atoms with Crippen molar-refractivity contribution >= 4 is 39.9 Å². The van der Waals surface area contributed by atoms with Crippen molar-refractivity contribution in [2.75, 3.05) is 31.3 Å². The molecule has 0 fully saturated rings. The van der Waals surface area contributed by atoms with Gasteiger partial charge in [-0.2, -0.15) is 0 Å². The molecule has 0 aromatic carbocycles. The predicted octanol–water partition coefficient (Wildman–Crippen LogP) is 3.87.